The predicted octanol–water partition coefficient (Wildman–Crippen LogP) is 22.2. The number of hydrogen-bond donors (Lipinski definition) is 1. The molecule has 0 radical (unpaired) electrons. The number of allylic oxidation sites excluding steroid dienone is 10. The lowest BCUT2D eigenvalue weighted by Crippen LogP contribution is -2.37. The van der Waals surface area contributed by atoms with Crippen LogP contribution in [0.1, 0.15) is 328 Å². The van der Waals surface area contributed by atoms with Gasteiger partial charge in [0.05, 0.1) is 27.7 Å². The minimum atomic E-state index is -4.39. The Bertz CT molecular complexity index is 1550. The quantitative estimate of drug-likeness (QED) is 0.0211. The maximum absolute atomic E-state index is 12.9. The van der Waals surface area contributed by atoms with Gasteiger partial charge in [0.2, 0.25) is 0 Å². The predicted molar refractivity (Wildman–Crippen MR) is 349 cm³/mol. The van der Waals surface area contributed by atoms with E-state index in [0.717, 1.165) is 64.2 Å². The number of phosphoric ester groups is 1. The fourth-order valence-electron chi connectivity index (χ4n) is 9.94. The molecule has 0 spiro atoms. The smallest absolute Gasteiger partial charge is 0.462 e. The molecule has 2 atom stereocenters. The third-order valence-corrected chi connectivity index (χ3v) is 16.3. The first kappa shape index (κ1) is 78.7. The van der Waals surface area contributed by atoms with E-state index in [1.54, 1.807) is 0 Å². The Balaban J connectivity index is 3.93. The van der Waals surface area contributed by atoms with Gasteiger partial charge < -0.3 is 18.9 Å². The van der Waals surface area contributed by atoms with Crippen LogP contribution in [-0.2, 0) is 32.7 Å². The van der Waals surface area contributed by atoms with Crippen molar-refractivity contribution in [2.24, 2.45) is 0 Å². The van der Waals surface area contributed by atoms with E-state index in [4.69, 9.17) is 18.5 Å². The van der Waals surface area contributed by atoms with Crippen LogP contribution in [0.25, 0.3) is 0 Å². The van der Waals surface area contributed by atoms with Gasteiger partial charge in [-0.25, -0.2) is 4.57 Å². The molecule has 0 rings (SSSR count). The van der Waals surface area contributed by atoms with Crippen molar-refractivity contribution in [1.29, 1.82) is 0 Å². The molecule has 10 heteroatoms. The van der Waals surface area contributed by atoms with Crippen molar-refractivity contribution in [3.05, 3.63) is 60.8 Å². The van der Waals surface area contributed by atoms with Gasteiger partial charge in [0, 0.05) is 12.8 Å². The molecule has 0 amide bonds. The van der Waals surface area contributed by atoms with Crippen molar-refractivity contribution in [3.8, 4) is 0 Å². The summed E-state index contributed by atoms with van der Waals surface area (Å²) < 4.78 is 34.7. The summed E-state index contributed by atoms with van der Waals surface area (Å²) in [5, 5.41) is 0. The Labute approximate surface area is 502 Å². The first-order valence-corrected chi connectivity index (χ1v) is 36.0. The molecule has 1 N–H and O–H groups in total. The van der Waals surface area contributed by atoms with E-state index in [9.17, 15) is 19.0 Å². The molecule has 0 heterocycles. The van der Waals surface area contributed by atoms with Crippen LogP contribution in [-0.4, -0.2) is 74.9 Å². The lowest BCUT2D eigenvalue weighted by atomic mass is 10.0. The molecule has 0 fully saturated rings. The topological polar surface area (TPSA) is 108 Å². The number of phosphoric acid groups is 1. The van der Waals surface area contributed by atoms with Crippen molar-refractivity contribution < 1.29 is 42.1 Å². The molecule has 0 bridgehead atoms. The van der Waals surface area contributed by atoms with E-state index in [0.29, 0.717) is 17.4 Å². The number of unbranched alkanes of at least 4 members (excludes halogenated alkanes) is 40. The normalized spacial score (nSPS) is 13.5. The second-order valence-electron chi connectivity index (χ2n) is 24.6. The van der Waals surface area contributed by atoms with Crippen LogP contribution in [0.5, 0.6) is 0 Å². The van der Waals surface area contributed by atoms with E-state index < -0.39 is 26.5 Å². The highest BCUT2D eigenvalue weighted by Crippen LogP contribution is 2.43. The van der Waals surface area contributed by atoms with Gasteiger partial charge in [-0.2, -0.15) is 0 Å². The van der Waals surface area contributed by atoms with Crippen molar-refractivity contribution in [3.63, 3.8) is 0 Å². The average Bonchev–Trinajstić information content (AvgIpc) is 3.43. The highest BCUT2D eigenvalue weighted by molar-refractivity contribution is 7.47. The summed E-state index contributed by atoms with van der Waals surface area (Å²) in [6.45, 7) is 4.44. The summed E-state index contributed by atoms with van der Waals surface area (Å²) in [4.78, 5) is 35.8. The second-order valence-corrected chi connectivity index (χ2v) is 26.0. The van der Waals surface area contributed by atoms with Gasteiger partial charge in [0.15, 0.2) is 6.10 Å². The van der Waals surface area contributed by atoms with Crippen molar-refractivity contribution in [2.75, 3.05) is 47.5 Å². The van der Waals surface area contributed by atoms with E-state index in [2.05, 4.69) is 74.6 Å². The number of ether oxygens (including phenoxy) is 2. The lowest BCUT2D eigenvalue weighted by Gasteiger charge is -2.24. The SMILES string of the molecule is CCCCCC/C=C\C/C=C\CCCCCCCCCC(=O)OCC(COP(=O)(O)OCC[N+](C)(C)C)OC(=O)CCCCCCCCCCCCCCCCCCCCCCCCCC/C=C\C/C=C\C/C=C\CCCCCCC. The molecule has 0 saturated heterocycles. The Morgan fingerprint density at radius 1 is 0.383 bits per heavy atom. The molecule has 0 aromatic carbocycles. The lowest BCUT2D eigenvalue weighted by molar-refractivity contribution is -0.870. The Morgan fingerprint density at radius 2 is 0.667 bits per heavy atom. The van der Waals surface area contributed by atoms with Crippen LogP contribution in [0.2, 0.25) is 0 Å². The highest BCUT2D eigenvalue weighted by atomic mass is 31.2. The number of hydrogen-bond acceptors (Lipinski definition) is 7. The van der Waals surface area contributed by atoms with Crippen LogP contribution in [0.15, 0.2) is 60.8 Å². The molecular formula is C71H133NO8P+. The summed E-state index contributed by atoms with van der Waals surface area (Å²) >= 11 is 0. The van der Waals surface area contributed by atoms with Crippen LogP contribution in [0.3, 0.4) is 0 Å². The largest absolute Gasteiger partial charge is 0.472 e. The van der Waals surface area contributed by atoms with E-state index >= 15 is 0 Å². The van der Waals surface area contributed by atoms with Crippen molar-refractivity contribution in [2.45, 2.75) is 335 Å². The van der Waals surface area contributed by atoms with Crippen LogP contribution < -0.4 is 0 Å². The van der Waals surface area contributed by atoms with Crippen LogP contribution >= 0.6 is 7.82 Å². The zero-order valence-corrected chi connectivity index (χ0v) is 54.9. The fourth-order valence-corrected chi connectivity index (χ4v) is 10.7. The van der Waals surface area contributed by atoms with Crippen LogP contribution in [0.4, 0.5) is 0 Å². The Hall–Kier alpha value is -2.29. The van der Waals surface area contributed by atoms with E-state index in [1.807, 2.05) is 21.1 Å². The number of likely N-dealkylation sites (N-methyl/N-ethyl adjacent to an activating group) is 1. The maximum Gasteiger partial charge on any atom is 0.472 e. The molecule has 0 saturated carbocycles. The van der Waals surface area contributed by atoms with E-state index in [-0.39, 0.29) is 32.0 Å². The number of carbonyl (C=O) groups is 2. The monoisotopic (exact) mass is 1160 g/mol. The molecule has 0 aromatic heterocycles. The summed E-state index contributed by atoms with van der Waals surface area (Å²) in [5.74, 6) is -0.793. The molecule has 81 heavy (non-hydrogen) atoms. The minimum absolute atomic E-state index is 0.0309. The number of esters is 2. The van der Waals surface area contributed by atoms with Crippen molar-refractivity contribution >= 4 is 19.8 Å². The summed E-state index contributed by atoms with van der Waals surface area (Å²) in [5.41, 5.74) is 0. The number of quaternary nitrogens is 1. The zero-order chi connectivity index (χ0) is 59.1. The molecule has 0 aliphatic rings. The highest BCUT2D eigenvalue weighted by Gasteiger charge is 2.27. The molecule has 0 aromatic rings. The number of rotatable bonds is 64. The number of nitrogens with zero attached hydrogens (tertiary/aromatic N) is 1. The third-order valence-electron chi connectivity index (χ3n) is 15.3. The van der Waals surface area contributed by atoms with E-state index in [1.165, 1.54) is 231 Å². The molecular weight excluding hydrogens is 1030 g/mol. The molecule has 2 unspecified atom stereocenters. The minimum Gasteiger partial charge on any atom is -0.462 e. The number of carbonyl (C=O) groups excluding carboxylic acids is 2. The van der Waals surface area contributed by atoms with Crippen LogP contribution in [0, 0.1) is 0 Å². The molecule has 474 valence electrons. The first-order chi connectivity index (χ1) is 39.5. The van der Waals surface area contributed by atoms with Gasteiger partial charge >= 0.3 is 19.8 Å². The zero-order valence-electron chi connectivity index (χ0n) is 54.0. The van der Waals surface area contributed by atoms with Gasteiger partial charge in [-0.3, -0.25) is 18.6 Å². The first-order valence-electron chi connectivity index (χ1n) is 34.5. The van der Waals surface area contributed by atoms with Gasteiger partial charge in [-0.05, 0) is 83.5 Å². The molecule has 0 aliphatic carbocycles. The van der Waals surface area contributed by atoms with Gasteiger partial charge in [-0.15, -0.1) is 0 Å². The Morgan fingerprint density at radius 3 is 1.00 bits per heavy atom. The van der Waals surface area contributed by atoms with Gasteiger partial charge in [0.25, 0.3) is 0 Å². The fraction of sp³-hybridized carbons (Fsp3) is 0.831. The summed E-state index contributed by atoms with van der Waals surface area (Å²) in [6, 6.07) is 0. The average molecular weight is 1160 g/mol. The van der Waals surface area contributed by atoms with Gasteiger partial charge in [-0.1, -0.05) is 293 Å². The molecule has 0 aliphatic heterocycles. The Kier molecular flexibility index (Phi) is 60.5. The summed E-state index contributed by atoms with van der Waals surface area (Å²) in [6.07, 6.45) is 81.9. The maximum atomic E-state index is 12.9. The second kappa shape index (κ2) is 62.2. The third kappa shape index (κ3) is 66.7. The molecule has 9 nitrogen and oxygen atoms in total. The standard InChI is InChI=1S/C71H132NO8P/c1-6-8-10-12-14-16-18-20-22-24-26-27-28-29-30-31-32-33-34-35-36-37-38-39-40-41-42-43-44-45-46-48-50-52-54-56-58-60-62-64-71(74)80-69(68-79-81(75,76)78-66-65-72(3,4)5)67-77-70(73)63-61-59-57-55-53-51-49-47-25-23-21-19-17-15-13-11-9-7-2/h17-20,23-26,28-29,69H,6-16,21-22,27,30-68H2,1-5H3/p+1/b19-17-,20-18-,25-23-,26-24-,29-28-. The van der Waals surface area contributed by atoms with Crippen molar-refractivity contribution in [1.82, 2.24) is 0 Å². The van der Waals surface area contributed by atoms with Gasteiger partial charge in [0.1, 0.15) is 19.8 Å². The summed E-state index contributed by atoms with van der Waals surface area (Å²) in [7, 11) is 1.48.